The Morgan fingerprint density at radius 3 is 2.67 bits per heavy atom. The Bertz CT molecular complexity index is 763. The van der Waals surface area contributed by atoms with E-state index in [1.807, 2.05) is 0 Å². The summed E-state index contributed by atoms with van der Waals surface area (Å²) in [5.41, 5.74) is -0.414. The first-order chi connectivity index (χ1) is 11.3. The van der Waals surface area contributed by atoms with Gasteiger partial charge in [0.2, 0.25) is 5.91 Å². The summed E-state index contributed by atoms with van der Waals surface area (Å²) in [7, 11) is 1.72. The molecule has 0 radical (unpaired) electrons. The average molecular weight is 406 g/mol. The van der Waals surface area contributed by atoms with Crippen LogP contribution in [0, 0.1) is 0 Å². The van der Waals surface area contributed by atoms with Crippen molar-refractivity contribution in [2.45, 2.75) is 37.9 Å². The molecule has 10 heteroatoms. The van der Waals surface area contributed by atoms with Crippen LogP contribution in [-0.4, -0.2) is 25.5 Å². The second kappa shape index (κ2) is 6.23. The summed E-state index contributed by atoms with van der Waals surface area (Å²) >= 11 is 3.03. The van der Waals surface area contributed by atoms with Crippen LogP contribution >= 0.6 is 15.9 Å². The van der Waals surface area contributed by atoms with Crippen molar-refractivity contribution in [1.82, 2.24) is 19.6 Å². The van der Waals surface area contributed by atoms with Crippen LogP contribution in [0.5, 0.6) is 0 Å². The maximum atomic E-state index is 13.0. The van der Waals surface area contributed by atoms with Crippen molar-refractivity contribution < 1.29 is 18.0 Å². The molecule has 0 spiro atoms. The van der Waals surface area contributed by atoms with Crippen LogP contribution < -0.4 is 5.32 Å². The van der Waals surface area contributed by atoms with E-state index in [2.05, 4.69) is 31.4 Å². The zero-order valence-corrected chi connectivity index (χ0v) is 14.4. The highest BCUT2D eigenvalue weighted by Gasteiger charge is 2.41. The van der Waals surface area contributed by atoms with Crippen molar-refractivity contribution in [3.05, 3.63) is 28.1 Å². The lowest BCUT2D eigenvalue weighted by Gasteiger charge is -2.07. The number of rotatable bonds is 5. The molecule has 0 unspecified atom stereocenters. The third-order valence-corrected chi connectivity index (χ3v) is 4.48. The number of carbonyl (C=O) groups is 1. The minimum atomic E-state index is -4.52. The second-order valence-corrected chi connectivity index (χ2v) is 6.51. The lowest BCUT2D eigenvalue weighted by Crippen LogP contribution is -2.17. The third kappa shape index (κ3) is 3.63. The number of aromatic nitrogens is 4. The minimum absolute atomic E-state index is 0.0114. The second-order valence-electron chi connectivity index (χ2n) is 5.72. The van der Waals surface area contributed by atoms with Crippen molar-refractivity contribution in [3.8, 4) is 0 Å². The molecule has 0 bridgehead atoms. The average Bonchev–Trinajstić information content (AvgIpc) is 3.14. The number of anilines is 1. The topological polar surface area (TPSA) is 64.7 Å². The van der Waals surface area contributed by atoms with Gasteiger partial charge in [-0.3, -0.25) is 14.2 Å². The molecular formula is C14H15BrF3N5O. The Morgan fingerprint density at radius 2 is 2.12 bits per heavy atom. The van der Waals surface area contributed by atoms with Gasteiger partial charge >= 0.3 is 6.18 Å². The molecular weight excluding hydrogens is 391 g/mol. The van der Waals surface area contributed by atoms with Gasteiger partial charge < -0.3 is 5.32 Å². The van der Waals surface area contributed by atoms with Gasteiger partial charge in [0.05, 0.1) is 16.7 Å². The van der Waals surface area contributed by atoms with Crippen LogP contribution in [0.3, 0.4) is 0 Å². The Labute approximate surface area is 144 Å². The van der Waals surface area contributed by atoms with Gasteiger partial charge in [0, 0.05) is 31.6 Å². The molecule has 1 saturated carbocycles. The summed E-state index contributed by atoms with van der Waals surface area (Å²) in [5.74, 6) is 0.153. The predicted octanol–water partition coefficient (Wildman–Crippen LogP) is 3.30. The number of alkyl halides is 3. The number of hydrogen-bond acceptors (Lipinski definition) is 3. The Balaban J connectivity index is 1.71. The Hall–Kier alpha value is -1.84. The molecule has 24 heavy (non-hydrogen) atoms. The van der Waals surface area contributed by atoms with E-state index in [1.54, 1.807) is 24.0 Å². The molecule has 0 atom stereocenters. The smallest absolute Gasteiger partial charge is 0.309 e. The van der Waals surface area contributed by atoms with E-state index in [1.165, 1.54) is 4.68 Å². The first-order valence-electron chi connectivity index (χ1n) is 7.38. The van der Waals surface area contributed by atoms with Crippen LogP contribution in [0.15, 0.2) is 16.7 Å². The summed E-state index contributed by atoms with van der Waals surface area (Å²) in [6, 6.07) is 1.64. The molecule has 1 amide bonds. The van der Waals surface area contributed by atoms with E-state index in [4.69, 9.17) is 0 Å². The molecule has 1 aliphatic carbocycles. The van der Waals surface area contributed by atoms with Gasteiger partial charge in [-0.1, -0.05) is 0 Å². The molecule has 2 aromatic rings. The van der Waals surface area contributed by atoms with Gasteiger partial charge in [-0.25, -0.2) is 0 Å². The van der Waals surface area contributed by atoms with Crippen molar-refractivity contribution in [2.75, 3.05) is 5.32 Å². The van der Waals surface area contributed by atoms with Gasteiger partial charge in [-0.05, 0) is 28.8 Å². The highest BCUT2D eigenvalue weighted by molar-refractivity contribution is 9.10. The lowest BCUT2D eigenvalue weighted by molar-refractivity contribution is -0.142. The van der Waals surface area contributed by atoms with E-state index < -0.39 is 11.9 Å². The lowest BCUT2D eigenvalue weighted by atomic mass is 10.2. The van der Waals surface area contributed by atoms with Gasteiger partial charge in [0.25, 0.3) is 0 Å². The van der Waals surface area contributed by atoms with Crippen molar-refractivity contribution in [3.63, 3.8) is 0 Å². The first-order valence-corrected chi connectivity index (χ1v) is 8.18. The van der Waals surface area contributed by atoms with Gasteiger partial charge in [-0.2, -0.15) is 23.4 Å². The monoisotopic (exact) mass is 405 g/mol. The SMILES string of the molecule is Cn1ccc(NC(=O)CCn2nc(C(F)(F)F)c(Br)c2C2CC2)n1. The van der Waals surface area contributed by atoms with E-state index in [-0.39, 0.29) is 29.3 Å². The van der Waals surface area contributed by atoms with Crippen LogP contribution in [-0.2, 0) is 24.6 Å². The minimum Gasteiger partial charge on any atom is -0.309 e. The molecule has 2 aromatic heterocycles. The first kappa shape index (κ1) is 17.0. The number of amides is 1. The molecule has 3 rings (SSSR count). The molecule has 1 fully saturated rings. The van der Waals surface area contributed by atoms with Crippen LogP contribution in [0.25, 0.3) is 0 Å². The summed E-state index contributed by atoms with van der Waals surface area (Å²) < 4.78 is 41.9. The summed E-state index contributed by atoms with van der Waals surface area (Å²) in [5, 5.41) is 10.3. The molecule has 130 valence electrons. The third-order valence-electron chi connectivity index (χ3n) is 3.70. The molecule has 6 nitrogen and oxygen atoms in total. The fourth-order valence-corrected chi connectivity index (χ4v) is 3.28. The van der Waals surface area contributed by atoms with E-state index in [9.17, 15) is 18.0 Å². The van der Waals surface area contributed by atoms with Crippen molar-refractivity contribution >= 4 is 27.7 Å². The van der Waals surface area contributed by atoms with Gasteiger partial charge in [0.1, 0.15) is 0 Å². The number of aryl methyl sites for hydroxylation is 2. The maximum absolute atomic E-state index is 13.0. The molecule has 0 aromatic carbocycles. The highest BCUT2D eigenvalue weighted by Crippen LogP contribution is 2.46. The fraction of sp³-hybridized carbons (Fsp3) is 0.500. The normalized spacial score (nSPS) is 14.9. The Kier molecular flexibility index (Phi) is 4.41. The molecule has 0 saturated heterocycles. The zero-order valence-electron chi connectivity index (χ0n) is 12.8. The van der Waals surface area contributed by atoms with E-state index in [0.717, 1.165) is 12.8 Å². The largest absolute Gasteiger partial charge is 0.436 e. The van der Waals surface area contributed by atoms with E-state index in [0.29, 0.717) is 11.5 Å². The summed E-state index contributed by atoms with van der Waals surface area (Å²) in [6.45, 7) is 0.0825. The number of nitrogens with one attached hydrogen (secondary N) is 1. The van der Waals surface area contributed by atoms with Crippen LogP contribution in [0.1, 0.15) is 36.6 Å². The maximum Gasteiger partial charge on any atom is 0.436 e. The van der Waals surface area contributed by atoms with Gasteiger partial charge in [0.15, 0.2) is 11.5 Å². The quantitative estimate of drug-likeness (QED) is 0.829. The summed E-state index contributed by atoms with van der Waals surface area (Å²) in [4.78, 5) is 11.9. The number of halogens is 4. The molecule has 1 N–H and O–H groups in total. The number of nitrogens with zero attached hydrogens (tertiary/aromatic N) is 4. The molecule has 2 heterocycles. The zero-order chi connectivity index (χ0) is 17.5. The standard InChI is InChI=1S/C14H15BrF3N5O/c1-22-6-4-9(20-22)19-10(24)5-7-23-12(8-2-3-8)11(15)13(21-23)14(16,17)18/h4,6,8H,2-3,5,7H2,1H3,(H,19,20,24). The molecule has 1 aliphatic rings. The summed E-state index contributed by atoms with van der Waals surface area (Å²) in [6.07, 6.45) is -1.16. The molecule has 0 aliphatic heterocycles. The van der Waals surface area contributed by atoms with Crippen LogP contribution in [0.4, 0.5) is 19.0 Å². The highest BCUT2D eigenvalue weighted by atomic mass is 79.9. The van der Waals surface area contributed by atoms with Gasteiger partial charge in [-0.15, -0.1) is 0 Å². The van der Waals surface area contributed by atoms with Crippen molar-refractivity contribution in [2.24, 2.45) is 7.05 Å². The fourth-order valence-electron chi connectivity index (χ4n) is 2.45. The predicted molar refractivity (Wildman–Crippen MR) is 83.4 cm³/mol. The number of hydrogen-bond donors (Lipinski definition) is 1. The van der Waals surface area contributed by atoms with E-state index >= 15 is 0 Å². The number of carbonyl (C=O) groups excluding carboxylic acids is 1. The van der Waals surface area contributed by atoms with Crippen molar-refractivity contribution in [1.29, 1.82) is 0 Å². The Morgan fingerprint density at radius 1 is 1.42 bits per heavy atom. The van der Waals surface area contributed by atoms with Crippen LogP contribution in [0.2, 0.25) is 0 Å².